The van der Waals surface area contributed by atoms with Gasteiger partial charge in [-0.25, -0.2) is 0 Å². The molecule has 3 nitrogen and oxygen atoms in total. The van der Waals surface area contributed by atoms with E-state index in [0.717, 1.165) is 0 Å². The van der Waals surface area contributed by atoms with E-state index in [1.54, 1.807) is 0 Å². The van der Waals surface area contributed by atoms with E-state index in [1.165, 1.54) is 0 Å². The summed E-state index contributed by atoms with van der Waals surface area (Å²) in [5.41, 5.74) is -0.824. The molecule has 1 N–H and O–H groups in total. The molecule has 1 unspecified atom stereocenters. The Balaban J connectivity index is 2.62. The third-order valence-corrected chi connectivity index (χ3v) is 2.32. The van der Waals surface area contributed by atoms with Gasteiger partial charge >= 0.3 is 5.97 Å². The molecule has 1 rings (SSSR count). The Kier molecular flexibility index (Phi) is 2.18. The zero-order valence-corrected chi connectivity index (χ0v) is 6.96. The van der Waals surface area contributed by atoms with E-state index in [-0.39, 0.29) is 18.3 Å². The van der Waals surface area contributed by atoms with Crippen LogP contribution in [0.25, 0.3) is 0 Å². The second-order valence-electron chi connectivity index (χ2n) is 3.41. The topological polar surface area (TPSA) is 46.5 Å². The normalized spacial score (nSPS) is 32.2. The Hall–Kier alpha value is -0.570. The number of rotatable bonds is 1. The van der Waals surface area contributed by atoms with Crippen molar-refractivity contribution in [3.8, 4) is 0 Å². The predicted octanol–water partition coefficient (Wildman–Crippen LogP) is 0.711. The highest BCUT2D eigenvalue weighted by molar-refractivity contribution is 5.71. The highest BCUT2D eigenvalue weighted by Crippen LogP contribution is 2.28. The molecular weight excluding hydrogens is 144 g/mol. The van der Waals surface area contributed by atoms with Gasteiger partial charge in [0.25, 0.3) is 0 Å². The molecular formula is C8H14O3. The number of esters is 1. The van der Waals surface area contributed by atoms with Crippen molar-refractivity contribution in [2.75, 3.05) is 6.61 Å². The summed E-state index contributed by atoms with van der Waals surface area (Å²) in [6, 6.07) is 0. The minimum Gasteiger partial charge on any atom is -0.465 e. The number of aliphatic hydroxyl groups is 1. The Morgan fingerprint density at radius 1 is 1.64 bits per heavy atom. The molecule has 0 spiro atoms. The van der Waals surface area contributed by atoms with Crippen molar-refractivity contribution in [1.82, 2.24) is 0 Å². The first-order chi connectivity index (χ1) is 5.04. The lowest BCUT2D eigenvalue weighted by molar-refractivity contribution is -0.163. The molecule has 0 radical (unpaired) electrons. The highest BCUT2D eigenvalue weighted by Gasteiger charge is 2.37. The van der Waals surface area contributed by atoms with Gasteiger partial charge < -0.3 is 9.84 Å². The quantitative estimate of drug-likeness (QED) is 0.572. The summed E-state index contributed by atoms with van der Waals surface area (Å²) in [6.45, 7) is 4.19. The summed E-state index contributed by atoms with van der Waals surface area (Å²) >= 11 is 0. The molecule has 1 aliphatic heterocycles. The first-order valence-electron chi connectivity index (χ1n) is 3.92. The summed E-state index contributed by atoms with van der Waals surface area (Å²) < 4.78 is 4.72. The first kappa shape index (κ1) is 8.53. The average molecular weight is 158 g/mol. The van der Waals surface area contributed by atoms with Crippen molar-refractivity contribution in [1.29, 1.82) is 0 Å². The lowest BCUT2D eigenvalue weighted by atomic mass is 9.83. The molecule has 0 aromatic carbocycles. The van der Waals surface area contributed by atoms with Crippen LogP contribution in [0.3, 0.4) is 0 Å². The van der Waals surface area contributed by atoms with E-state index in [4.69, 9.17) is 4.74 Å². The summed E-state index contributed by atoms with van der Waals surface area (Å²) in [7, 11) is 0. The fourth-order valence-electron chi connectivity index (χ4n) is 1.22. The predicted molar refractivity (Wildman–Crippen MR) is 40.0 cm³/mol. The standard InChI is InChI=1S/C8H14O3/c1-6(2)8(10)3-4-11-7(9)5-8/h6,10H,3-5H2,1-2H3. The van der Waals surface area contributed by atoms with Crippen LogP contribution in [0, 0.1) is 5.92 Å². The molecule has 1 atom stereocenters. The second-order valence-corrected chi connectivity index (χ2v) is 3.41. The van der Waals surface area contributed by atoms with Crippen molar-refractivity contribution in [2.24, 2.45) is 5.92 Å². The number of ether oxygens (including phenoxy) is 1. The second kappa shape index (κ2) is 2.81. The van der Waals surface area contributed by atoms with E-state index < -0.39 is 5.60 Å². The zero-order valence-electron chi connectivity index (χ0n) is 6.96. The molecule has 0 amide bonds. The maximum absolute atomic E-state index is 10.8. The van der Waals surface area contributed by atoms with Crippen LogP contribution in [0.1, 0.15) is 26.7 Å². The Morgan fingerprint density at radius 3 is 2.64 bits per heavy atom. The van der Waals surface area contributed by atoms with Crippen LogP contribution in [0.2, 0.25) is 0 Å². The van der Waals surface area contributed by atoms with Gasteiger partial charge in [-0.1, -0.05) is 13.8 Å². The van der Waals surface area contributed by atoms with Crippen molar-refractivity contribution < 1.29 is 14.6 Å². The summed E-state index contributed by atoms with van der Waals surface area (Å²) in [5.74, 6) is -0.164. The van der Waals surface area contributed by atoms with Crippen LogP contribution in [0.4, 0.5) is 0 Å². The summed E-state index contributed by atoms with van der Waals surface area (Å²) in [6.07, 6.45) is 0.709. The van der Waals surface area contributed by atoms with Gasteiger partial charge in [0.15, 0.2) is 0 Å². The molecule has 0 bridgehead atoms. The van der Waals surface area contributed by atoms with Crippen LogP contribution in [0.15, 0.2) is 0 Å². The lowest BCUT2D eigenvalue weighted by Gasteiger charge is -2.34. The van der Waals surface area contributed by atoms with Crippen LogP contribution in [-0.2, 0) is 9.53 Å². The molecule has 1 heterocycles. The molecule has 0 aromatic rings. The molecule has 64 valence electrons. The third-order valence-electron chi connectivity index (χ3n) is 2.32. The number of carbonyl (C=O) groups excluding carboxylic acids is 1. The molecule has 11 heavy (non-hydrogen) atoms. The monoisotopic (exact) mass is 158 g/mol. The van der Waals surface area contributed by atoms with Crippen LogP contribution in [0.5, 0.6) is 0 Å². The van der Waals surface area contributed by atoms with Crippen LogP contribution >= 0.6 is 0 Å². The fourth-order valence-corrected chi connectivity index (χ4v) is 1.22. The molecule has 1 aliphatic rings. The Morgan fingerprint density at radius 2 is 2.27 bits per heavy atom. The third kappa shape index (κ3) is 1.71. The fraction of sp³-hybridized carbons (Fsp3) is 0.875. The number of hydrogen-bond acceptors (Lipinski definition) is 3. The van der Waals surface area contributed by atoms with Crippen LogP contribution < -0.4 is 0 Å². The lowest BCUT2D eigenvalue weighted by Crippen LogP contribution is -2.42. The van der Waals surface area contributed by atoms with E-state index in [2.05, 4.69) is 0 Å². The van der Waals surface area contributed by atoms with E-state index in [1.807, 2.05) is 13.8 Å². The van der Waals surface area contributed by atoms with E-state index >= 15 is 0 Å². The molecule has 0 saturated carbocycles. The van der Waals surface area contributed by atoms with E-state index in [9.17, 15) is 9.90 Å². The van der Waals surface area contributed by atoms with Crippen molar-refractivity contribution in [3.63, 3.8) is 0 Å². The summed E-state index contributed by atoms with van der Waals surface area (Å²) in [4.78, 5) is 10.8. The van der Waals surface area contributed by atoms with Crippen LogP contribution in [-0.4, -0.2) is 23.3 Å². The maximum Gasteiger partial charge on any atom is 0.308 e. The maximum atomic E-state index is 10.8. The minimum absolute atomic E-state index is 0.121. The summed E-state index contributed by atoms with van der Waals surface area (Å²) in [5, 5.41) is 9.82. The van der Waals surface area contributed by atoms with Gasteiger partial charge in [-0.15, -0.1) is 0 Å². The van der Waals surface area contributed by atoms with Gasteiger partial charge in [-0.2, -0.15) is 0 Å². The van der Waals surface area contributed by atoms with E-state index in [0.29, 0.717) is 13.0 Å². The Bertz CT molecular complexity index is 165. The van der Waals surface area contributed by atoms with Gasteiger partial charge in [-0.05, 0) is 5.92 Å². The van der Waals surface area contributed by atoms with Crippen molar-refractivity contribution in [3.05, 3.63) is 0 Å². The molecule has 0 aromatic heterocycles. The first-order valence-corrected chi connectivity index (χ1v) is 3.92. The van der Waals surface area contributed by atoms with Crippen molar-refractivity contribution in [2.45, 2.75) is 32.3 Å². The molecule has 1 saturated heterocycles. The SMILES string of the molecule is CC(C)C1(O)CCOC(=O)C1. The Labute approximate surface area is 66.4 Å². The van der Waals surface area contributed by atoms with Gasteiger partial charge in [0, 0.05) is 6.42 Å². The molecule has 0 aliphatic carbocycles. The zero-order chi connectivity index (χ0) is 8.48. The molecule has 1 fully saturated rings. The van der Waals surface area contributed by atoms with Gasteiger partial charge in [-0.3, -0.25) is 4.79 Å². The molecule has 3 heteroatoms. The van der Waals surface area contributed by atoms with Gasteiger partial charge in [0.2, 0.25) is 0 Å². The largest absolute Gasteiger partial charge is 0.465 e. The van der Waals surface area contributed by atoms with Gasteiger partial charge in [0.05, 0.1) is 18.6 Å². The number of carbonyl (C=O) groups is 1. The number of hydrogen-bond donors (Lipinski definition) is 1. The highest BCUT2D eigenvalue weighted by atomic mass is 16.5. The average Bonchev–Trinajstić information content (AvgIpc) is 1.86. The minimum atomic E-state index is -0.824. The van der Waals surface area contributed by atoms with Gasteiger partial charge in [0.1, 0.15) is 0 Å². The smallest absolute Gasteiger partial charge is 0.308 e. The van der Waals surface area contributed by atoms with Crippen molar-refractivity contribution >= 4 is 5.97 Å². The number of cyclic esters (lactones) is 1.